The van der Waals surface area contributed by atoms with Crippen LogP contribution < -0.4 is 20.3 Å². The van der Waals surface area contributed by atoms with E-state index in [1.807, 2.05) is 18.2 Å². The number of carbonyl (C=O) groups excluding carboxylic acids is 1. The fourth-order valence-electron chi connectivity index (χ4n) is 3.40. The number of halogens is 2. The highest BCUT2D eigenvalue weighted by Crippen LogP contribution is 2.24. The van der Waals surface area contributed by atoms with E-state index in [0.29, 0.717) is 13.0 Å². The number of hydrogen-bond acceptors (Lipinski definition) is 5. The van der Waals surface area contributed by atoms with E-state index >= 15 is 0 Å². The monoisotopic (exact) mass is 405 g/mol. The molecule has 2 aliphatic heterocycles. The molecule has 0 aliphatic carbocycles. The average Bonchev–Trinajstić information content (AvgIpc) is 2.63. The third-order valence-electron chi connectivity index (χ3n) is 4.64. The molecule has 1 aromatic rings. The minimum absolute atomic E-state index is 0. The first-order valence-corrected chi connectivity index (χ1v) is 8.74. The van der Waals surface area contributed by atoms with Crippen LogP contribution in [-0.4, -0.2) is 57.9 Å². The van der Waals surface area contributed by atoms with Crippen molar-refractivity contribution in [1.29, 1.82) is 0 Å². The summed E-state index contributed by atoms with van der Waals surface area (Å²) in [4.78, 5) is 14.6. The highest BCUT2D eigenvalue weighted by Gasteiger charge is 2.23. The Morgan fingerprint density at radius 1 is 1.42 bits per heavy atom. The van der Waals surface area contributed by atoms with Crippen LogP contribution in [0.5, 0.6) is 5.75 Å². The molecule has 148 valence electrons. The Hall–Kier alpha value is -1.21. The molecule has 0 aromatic heterocycles. The first kappa shape index (κ1) is 22.8. The van der Waals surface area contributed by atoms with Gasteiger partial charge in [-0.25, -0.2) is 0 Å². The number of piperidine rings is 1. The zero-order chi connectivity index (χ0) is 16.8. The highest BCUT2D eigenvalue weighted by atomic mass is 35.5. The molecule has 1 aromatic carbocycles. The third kappa shape index (κ3) is 6.50. The van der Waals surface area contributed by atoms with Crippen molar-refractivity contribution in [2.24, 2.45) is 0 Å². The van der Waals surface area contributed by atoms with Crippen molar-refractivity contribution in [3.63, 3.8) is 0 Å². The Morgan fingerprint density at radius 3 is 3.00 bits per heavy atom. The number of amides is 1. The molecule has 2 atom stereocenters. The summed E-state index contributed by atoms with van der Waals surface area (Å²) in [7, 11) is 1.68. The molecule has 2 saturated heterocycles. The summed E-state index contributed by atoms with van der Waals surface area (Å²) >= 11 is 0. The van der Waals surface area contributed by atoms with E-state index in [0.717, 1.165) is 50.5 Å². The number of nitrogens with one attached hydrogen (secondary N) is 2. The predicted octanol–water partition coefficient (Wildman–Crippen LogP) is 2.00. The molecule has 0 saturated carbocycles. The molecule has 8 heteroatoms. The van der Waals surface area contributed by atoms with Gasteiger partial charge in [0.1, 0.15) is 5.75 Å². The summed E-state index contributed by atoms with van der Waals surface area (Å²) in [6.45, 7) is 4.03. The molecular formula is C18H29Cl2N3O3. The topological polar surface area (TPSA) is 62.8 Å². The lowest BCUT2D eigenvalue weighted by Crippen LogP contribution is -2.50. The molecule has 0 radical (unpaired) electrons. The van der Waals surface area contributed by atoms with E-state index in [1.54, 1.807) is 7.11 Å². The van der Waals surface area contributed by atoms with Gasteiger partial charge in [-0.15, -0.1) is 24.8 Å². The molecule has 2 heterocycles. The second kappa shape index (κ2) is 11.5. The van der Waals surface area contributed by atoms with E-state index in [-0.39, 0.29) is 42.8 Å². The lowest BCUT2D eigenvalue weighted by atomic mass is 10.0. The largest absolute Gasteiger partial charge is 0.497 e. The van der Waals surface area contributed by atoms with Crippen molar-refractivity contribution < 1.29 is 14.3 Å². The molecule has 0 bridgehead atoms. The van der Waals surface area contributed by atoms with Crippen molar-refractivity contribution in [3.8, 4) is 5.75 Å². The van der Waals surface area contributed by atoms with Gasteiger partial charge in [0.2, 0.25) is 5.91 Å². The summed E-state index contributed by atoms with van der Waals surface area (Å²) < 4.78 is 10.7. The summed E-state index contributed by atoms with van der Waals surface area (Å²) in [6.07, 6.45) is 2.59. The molecule has 0 spiro atoms. The van der Waals surface area contributed by atoms with Gasteiger partial charge in [-0.05, 0) is 25.0 Å². The second-order valence-corrected chi connectivity index (χ2v) is 6.48. The van der Waals surface area contributed by atoms with E-state index in [4.69, 9.17) is 9.47 Å². The molecule has 2 fully saturated rings. The van der Waals surface area contributed by atoms with Gasteiger partial charge >= 0.3 is 0 Å². The van der Waals surface area contributed by atoms with Gasteiger partial charge < -0.3 is 25.0 Å². The fraction of sp³-hybridized carbons (Fsp3) is 0.611. The molecule has 1 amide bonds. The van der Waals surface area contributed by atoms with Gasteiger partial charge in [0.15, 0.2) is 0 Å². The lowest BCUT2D eigenvalue weighted by Gasteiger charge is -2.35. The van der Waals surface area contributed by atoms with Crippen LogP contribution in [0.1, 0.15) is 19.3 Å². The van der Waals surface area contributed by atoms with Gasteiger partial charge in [0.25, 0.3) is 0 Å². The Balaban J connectivity index is 0.00000169. The number of carbonyl (C=O) groups is 1. The molecule has 26 heavy (non-hydrogen) atoms. The van der Waals surface area contributed by atoms with Crippen molar-refractivity contribution in [3.05, 3.63) is 24.3 Å². The summed E-state index contributed by atoms with van der Waals surface area (Å²) in [5.41, 5.74) is 1.15. The molecule has 2 aliphatic rings. The first-order valence-electron chi connectivity index (χ1n) is 8.74. The highest BCUT2D eigenvalue weighted by molar-refractivity contribution is 5.85. The van der Waals surface area contributed by atoms with Crippen LogP contribution >= 0.6 is 24.8 Å². The normalized spacial score (nSPS) is 22.6. The zero-order valence-electron chi connectivity index (χ0n) is 15.1. The van der Waals surface area contributed by atoms with Crippen LogP contribution in [0.25, 0.3) is 0 Å². The van der Waals surface area contributed by atoms with Gasteiger partial charge in [-0.2, -0.15) is 0 Å². The van der Waals surface area contributed by atoms with E-state index in [1.165, 1.54) is 0 Å². The number of nitrogens with zero attached hydrogens (tertiary/aromatic N) is 1. The number of hydrogen-bond donors (Lipinski definition) is 2. The van der Waals surface area contributed by atoms with Crippen LogP contribution in [0.3, 0.4) is 0 Å². The van der Waals surface area contributed by atoms with Crippen molar-refractivity contribution in [2.45, 2.75) is 31.3 Å². The number of benzene rings is 1. The quantitative estimate of drug-likeness (QED) is 0.784. The zero-order valence-corrected chi connectivity index (χ0v) is 16.7. The maximum Gasteiger partial charge on any atom is 0.221 e. The molecular weight excluding hydrogens is 377 g/mol. The van der Waals surface area contributed by atoms with Crippen LogP contribution in [0.4, 0.5) is 5.69 Å². The number of ether oxygens (including phenoxy) is 2. The molecule has 3 rings (SSSR count). The second-order valence-electron chi connectivity index (χ2n) is 6.48. The summed E-state index contributed by atoms with van der Waals surface area (Å²) in [6, 6.07) is 8.43. The Morgan fingerprint density at radius 2 is 2.27 bits per heavy atom. The lowest BCUT2D eigenvalue weighted by molar-refractivity contribution is -0.123. The number of anilines is 1. The van der Waals surface area contributed by atoms with E-state index < -0.39 is 0 Å². The van der Waals surface area contributed by atoms with Crippen LogP contribution in [0.2, 0.25) is 0 Å². The smallest absolute Gasteiger partial charge is 0.221 e. The van der Waals surface area contributed by atoms with Crippen LogP contribution in [-0.2, 0) is 9.53 Å². The van der Waals surface area contributed by atoms with Gasteiger partial charge in [0.05, 0.1) is 20.3 Å². The Labute approximate surface area is 167 Å². The van der Waals surface area contributed by atoms with E-state index in [9.17, 15) is 4.79 Å². The Bertz CT molecular complexity index is 556. The van der Waals surface area contributed by atoms with Crippen molar-refractivity contribution >= 4 is 36.4 Å². The number of rotatable bonds is 5. The maximum absolute atomic E-state index is 12.3. The van der Waals surface area contributed by atoms with E-state index in [2.05, 4.69) is 21.6 Å². The molecule has 2 unspecified atom stereocenters. The molecule has 6 nitrogen and oxygen atoms in total. The van der Waals surface area contributed by atoms with Crippen LogP contribution in [0, 0.1) is 0 Å². The van der Waals surface area contributed by atoms with Gasteiger partial charge in [-0.3, -0.25) is 4.79 Å². The summed E-state index contributed by atoms with van der Waals surface area (Å²) in [5, 5.41) is 6.51. The predicted molar refractivity (Wildman–Crippen MR) is 108 cm³/mol. The van der Waals surface area contributed by atoms with Crippen molar-refractivity contribution in [2.75, 3.05) is 44.9 Å². The van der Waals surface area contributed by atoms with Crippen molar-refractivity contribution in [1.82, 2.24) is 10.6 Å². The number of methoxy groups -OCH3 is 1. The Kier molecular flexibility index (Phi) is 10.1. The minimum atomic E-state index is 0. The van der Waals surface area contributed by atoms with Crippen LogP contribution in [0.15, 0.2) is 24.3 Å². The van der Waals surface area contributed by atoms with Gasteiger partial charge in [-0.1, -0.05) is 6.07 Å². The SMILES string of the molecule is COc1cccc(N2CCCC(NC(=O)CC3COCCN3)C2)c1.Cl.Cl. The number of morpholine rings is 1. The minimum Gasteiger partial charge on any atom is -0.497 e. The standard InChI is InChI=1S/C18H27N3O3.2ClH/c1-23-17-6-2-5-16(11-17)21-8-3-4-14(12-21)20-18(22)10-15-13-24-9-7-19-15;;/h2,5-6,11,14-15,19H,3-4,7-10,12-13H2,1H3,(H,20,22);2*1H. The third-order valence-corrected chi connectivity index (χ3v) is 4.64. The average molecular weight is 406 g/mol. The summed E-state index contributed by atoms with van der Waals surface area (Å²) in [5.74, 6) is 0.970. The maximum atomic E-state index is 12.3. The molecule has 2 N–H and O–H groups in total. The van der Waals surface area contributed by atoms with Gasteiger partial charge in [0, 0.05) is 49.9 Å². The fourth-order valence-corrected chi connectivity index (χ4v) is 3.40. The first-order chi connectivity index (χ1) is 11.7.